The summed E-state index contributed by atoms with van der Waals surface area (Å²) >= 11 is 5.92. The zero-order chi connectivity index (χ0) is 13.1. The van der Waals surface area contributed by atoms with Crippen molar-refractivity contribution in [2.75, 3.05) is 24.6 Å². The molecule has 18 heavy (non-hydrogen) atoms. The SMILES string of the molecule is CC1CN(c2cccc(Cl)c2[N+](=O)[O-])CCCO1. The molecule has 6 heteroatoms. The monoisotopic (exact) mass is 270 g/mol. The zero-order valence-corrected chi connectivity index (χ0v) is 10.9. The maximum atomic E-state index is 11.1. The summed E-state index contributed by atoms with van der Waals surface area (Å²) in [5.41, 5.74) is 0.554. The highest BCUT2D eigenvalue weighted by atomic mass is 35.5. The minimum absolute atomic E-state index is 0.0201. The summed E-state index contributed by atoms with van der Waals surface area (Å²) in [6.45, 7) is 4.04. The van der Waals surface area contributed by atoms with Gasteiger partial charge in [-0.05, 0) is 25.5 Å². The van der Waals surface area contributed by atoms with Crippen LogP contribution in [0.1, 0.15) is 13.3 Å². The van der Waals surface area contributed by atoms with Gasteiger partial charge in [0.05, 0.1) is 11.0 Å². The van der Waals surface area contributed by atoms with Crippen LogP contribution in [0.3, 0.4) is 0 Å². The van der Waals surface area contributed by atoms with Crippen LogP contribution in [0.15, 0.2) is 18.2 Å². The lowest BCUT2D eigenvalue weighted by atomic mass is 10.2. The predicted molar refractivity (Wildman–Crippen MR) is 70.4 cm³/mol. The molecule has 0 bridgehead atoms. The molecule has 1 aromatic carbocycles. The Hall–Kier alpha value is -1.33. The molecule has 1 aliphatic rings. The third kappa shape index (κ3) is 2.73. The first kappa shape index (κ1) is 13.1. The highest BCUT2D eigenvalue weighted by molar-refractivity contribution is 6.33. The number of para-hydroxylation sites is 1. The third-order valence-corrected chi connectivity index (χ3v) is 3.25. The van der Waals surface area contributed by atoms with Gasteiger partial charge >= 0.3 is 5.69 Å². The molecule has 1 aromatic rings. The molecule has 0 aliphatic carbocycles. The van der Waals surface area contributed by atoms with E-state index in [1.165, 1.54) is 0 Å². The Balaban J connectivity index is 2.37. The maximum Gasteiger partial charge on any atom is 0.310 e. The van der Waals surface area contributed by atoms with Crippen molar-refractivity contribution in [2.24, 2.45) is 0 Å². The molecule has 2 rings (SSSR count). The molecule has 0 aromatic heterocycles. The van der Waals surface area contributed by atoms with Crippen molar-refractivity contribution in [1.82, 2.24) is 0 Å². The van der Waals surface area contributed by atoms with Gasteiger partial charge in [-0.3, -0.25) is 10.1 Å². The van der Waals surface area contributed by atoms with Crippen molar-refractivity contribution in [3.05, 3.63) is 33.3 Å². The number of rotatable bonds is 2. The number of nitro benzene ring substituents is 1. The number of hydrogen-bond acceptors (Lipinski definition) is 4. The summed E-state index contributed by atoms with van der Waals surface area (Å²) in [6.07, 6.45) is 0.916. The lowest BCUT2D eigenvalue weighted by Gasteiger charge is -2.24. The van der Waals surface area contributed by atoms with Gasteiger partial charge in [0, 0.05) is 19.7 Å². The fraction of sp³-hybridized carbons (Fsp3) is 0.500. The molecule has 0 spiro atoms. The van der Waals surface area contributed by atoms with E-state index in [0.29, 0.717) is 18.8 Å². The number of nitrogens with zero attached hydrogens (tertiary/aromatic N) is 2. The second kappa shape index (κ2) is 5.54. The molecule has 1 aliphatic heterocycles. The van der Waals surface area contributed by atoms with Crippen molar-refractivity contribution >= 4 is 23.0 Å². The van der Waals surface area contributed by atoms with Gasteiger partial charge in [-0.25, -0.2) is 0 Å². The van der Waals surface area contributed by atoms with Crippen LogP contribution in [0, 0.1) is 10.1 Å². The summed E-state index contributed by atoms with van der Waals surface area (Å²) < 4.78 is 5.54. The fourth-order valence-electron chi connectivity index (χ4n) is 2.15. The van der Waals surface area contributed by atoms with Gasteiger partial charge in [0.1, 0.15) is 10.7 Å². The van der Waals surface area contributed by atoms with E-state index >= 15 is 0 Å². The lowest BCUT2D eigenvalue weighted by Crippen LogP contribution is -2.30. The first-order valence-corrected chi connectivity index (χ1v) is 6.27. The molecule has 0 N–H and O–H groups in total. The van der Waals surface area contributed by atoms with Crippen molar-refractivity contribution in [3.63, 3.8) is 0 Å². The smallest absolute Gasteiger partial charge is 0.310 e. The topological polar surface area (TPSA) is 55.6 Å². The summed E-state index contributed by atoms with van der Waals surface area (Å²) in [6, 6.07) is 5.02. The van der Waals surface area contributed by atoms with Gasteiger partial charge in [0.2, 0.25) is 0 Å². The van der Waals surface area contributed by atoms with Crippen molar-refractivity contribution in [3.8, 4) is 0 Å². The predicted octanol–water partition coefficient (Wildman–Crippen LogP) is 2.86. The van der Waals surface area contributed by atoms with Crippen molar-refractivity contribution in [2.45, 2.75) is 19.4 Å². The van der Waals surface area contributed by atoms with E-state index in [9.17, 15) is 10.1 Å². The summed E-state index contributed by atoms with van der Waals surface area (Å²) in [5.74, 6) is 0. The van der Waals surface area contributed by atoms with Crippen LogP contribution in [-0.2, 0) is 4.74 Å². The Labute approximate surface area is 110 Å². The number of hydrogen-bond donors (Lipinski definition) is 0. The Morgan fingerprint density at radius 3 is 3.06 bits per heavy atom. The molecule has 1 unspecified atom stereocenters. The lowest BCUT2D eigenvalue weighted by molar-refractivity contribution is -0.384. The minimum atomic E-state index is -0.423. The molecular formula is C12H15ClN2O3. The van der Waals surface area contributed by atoms with Crippen molar-refractivity contribution < 1.29 is 9.66 Å². The highest BCUT2D eigenvalue weighted by Crippen LogP contribution is 2.35. The normalized spacial score (nSPS) is 20.6. The number of benzene rings is 1. The summed E-state index contributed by atoms with van der Waals surface area (Å²) in [5, 5.41) is 11.3. The molecule has 0 saturated carbocycles. The second-order valence-corrected chi connectivity index (χ2v) is 4.75. The van der Waals surface area contributed by atoms with E-state index in [2.05, 4.69) is 0 Å². The van der Waals surface area contributed by atoms with Gasteiger partial charge in [0.15, 0.2) is 0 Å². The van der Waals surface area contributed by atoms with Crippen molar-refractivity contribution in [1.29, 1.82) is 0 Å². The largest absolute Gasteiger partial charge is 0.377 e. The zero-order valence-electron chi connectivity index (χ0n) is 10.1. The average Bonchev–Trinajstić information content (AvgIpc) is 2.53. The van der Waals surface area contributed by atoms with Crippen LogP contribution in [0.2, 0.25) is 5.02 Å². The highest BCUT2D eigenvalue weighted by Gasteiger charge is 2.25. The van der Waals surface area contributed by atoms with E-state index in [1.54, 1.807) is 18.2 Å². The van der Waals surface area contributed by atoms with Crippen LogP contribution < -0.4 is 4.90 Å². The van der Waals surface area contributed by atoms with E-state index < -0.39 is 4.92 Å². The molecule has 98 valence electrons. The van der Waals surface area contributed by atoms with Gasteiger partial charge in [0.25, 0.3) is 0 Å². The quantitative estimate of drug-likeness (QED) is 0.612. The van der Waals surface area contributed by atoms with E-state index in [4.69, 9.17) is 16.3 Å². The maximum absolute atomic E-state index is 11.1. The minimum Gasteiger partial charge on any atom is -0.377 e. The Morgan fingerprint density at radius 1 is 1.56 bits per heavy atom. The first-order chi connectivity index (χ1) is 8.59. The number of nitro groups is 1. The summed E-state index contributed by atoms with van der Waals surface area (Å²) in [7, 11) is 0. The molecule has 1 saturated heterocycles. The second-order valence-electron chi connectivity index (χ2n) is 4.35. The van der Waals surface area contributed by atoms with Crippen LogP contribution in [-0.4, -0.2) is 30.7 Å². The number of halogens is 1. The third-order valence-electron chi connectivity index (χ3n) is 2.94. The van der Waals surface area contributed by atoms with Gasteiger partial charge < -0.3 is 9.64 Å². The Morgan fingerprint density at radius 2 is 2.33 bits per heavy atom. The Kier molecular flexibility index (Phi) is 4.04. The van der Waals surface area contributed by atoms with Crippen LogP contribution >= 0.6 is 11.6 Å². The van der Waals surface area contributed by atoms with E-state index in [0.717, 1.165) is 13.0 Å². The van der Waals surface area contributed by atoms with Crippen LogP contribution in [0.4, 0.5) is 11.4 Å². The Bertz CT molecular complexity index is 453. The van der Waals surface area contributed by atoms with E-state index in [1.807, 2.05) is 11.8 Å². The molecule has 5 nitrogen and oxygen atoms in total. The molecule has 0 radical (unpaired) electrons. The molecule has 1 atom stereocenters. The summed E-state index contributed by atoms with van der Waals surface area (Å²) in [4.78, 5) is 12.7. The molecular weight excluding hydrogens is 256 g/mol. The molecule has 0 amide bonds. The van der Waals surface area contributed by atoms with Gasteiger partial charge in [-0.2, -0.15) is 0 Å². The first-order valence-electron chi connectivity index (χ1n) is 5.89. The molecule has 1 fully saturated rings. The van der Waals surface area contributed by atoms with Gasteiger partial charge in [-0.15, -0.1) is 0 Å². The number of anilines is 1. The standard InChI is InChI=1S/C12H15ClN2O3/c1-9-8-14(6-3-7-18-9)11-5-2-4-10(13)12(11)15(16)17/h2,4-5,9H,3,6-8H2,1H3. The van der Waals surface area contributed by atoms with Crippen LogP contribution in [0.25, 0.3) is 0 Å². The van der Waals surface area contributed by atoms with E-state index in [-0.39, 0.29) is 16.8 Å². The van der Waals surface area contributed by atoms with Gasteiger partial charge in [-0.1, -0.05) is 17.7 Å². The van der Waals surface area contributed by atoms with Crippen LogP contribution in [0.5, 0.6) is 0 Å². The number of ether oxygens (including phenoxy) is 1. The average molecular weight is 271 g/mol. The fourth-order valence-corrected chi connectivity index (χ4v) is 2.39. The molecule has 1 heterocycles.